The third kappa shape index (κ3) is 4.12. The Bertz CT molecular complexity index is 460. The molecule has 0 spiro atoms. The maximum Gasteiger partial charge on any atom is 0.378 e. The second-order valence-electron chi connectivity index (χ2n) is 9.06. The minimum Gasteiger partial charge on any atom is -0.165 e. The van der Waals surface area contributed by atoms with Crippen LogP contribution in [-0.4, -0.2) is 13.6 Å². The fraction of sp³-hybridized carbons (Fsp3) is 0.789. The van der Waals surface area contributed by atoms with E-state index < -0.39 is 8.07 Å². The molecule has 0 amide bonds. The van der Waals surface area contributed by atoms with E-state index in [0.29, 0.717) is 16.6 Å². The van der Waals surface area contributed by atoms with E-state index in [1.807, 2.05) is 0 Å². The van der Waals surface area contributed by atoms with E-state index in [0.717, 1.165) is 12.8 Å². The molecule has 0 nitrogen and oxygen atoms in total. The van der Waals surface area contributed by atoms with Crippen molar-refractivity contribution in [3.05, 3.63) is 22.3 Å². The van der Waals surface area contributed by atoms with Crippen LogP contribution < -0.4 is 0 Å². The molecule has 23 heavy (non-hydrogen) atoms. The highest BCUT2D eigenvalue weighted by molar-refractivity contribution is 7.37. The minimum atomic E-state index is -1.68. The standard InChI is InChI=1S/C19H35BCl2Si/c1-13(2)23(14(3)4,15(5)6)18-11-10-16(19(7,8)9)12-17(18)20(21)22/h10,13-15H,11-12H2,1-9H3. The zero-order valence-corrected chi connectivity index (χ0v) is 19.1. The van der Waals surface area contributed by atoms with Crippen LogP contribution in [0, 0.1) is 5.41 Å². The normalized spacial score (nSPS) is 17.4. The van der Waals surface area contributed by atoms with Crippen LogP contribution in [0.4, 0.5) is 0 Å². The summed E-state index contributed by atoms with van der Waals surface area (Å²) in [6, 6.07) is 0. The number of allylic oxidation sites excluding steroid dienone is 4. The number of hydrogen-bond acceptors (Lipinski definition) is 0. The second-order valence-corrected chi connectivity index (χ2v) is 16.1. The Labute approximate surface area is 156 Å². The summed E-state index contributed by atoms with van der Waals surface area (Å²) in [5.41, 5.74) is 4.72. The number of rotatable bonds is 5. The van der Waals surface area contributed by atoms with Crippen LogP contribution in [0.5, 0.6) is 0 Å². The van der Waals surface area contributed by atoms with Gasteiger partial charge in [0.2, 0.25) is 0 Å². The van der Waals surface area contributed by atoms with E-state index in [4.69, 9.17) is 22.9 Å². The predicted octanol–water partition coefficient (Wildman–Crippen LogP) is 7.77. The Morgan fingerprint density at radius 1 is 0.957 bits per heavy atom. The van der Waals surface area contributed by atoms with Crippen molar-refractivity contribution in [2.45, 2.75) is 91.8 Å². The van der Waals surface area contributed by atoms with E-state index in [9.17, 15) is 0 Å². The number of halogens is 2. The zero-order chi connectivity index (χ0) is 18.2. The molecule has 0 atom stereocenters. The van der Waals surface area contributed by atoms with Gasteiger partial charge >= 0.3 is 5.54 Å². The Morgan fingerprint density at radius 2 is 1.39 bits per heavy atom. The number of hydrogen-bond donors (Lipinski definition) is 0. The largest absolute Gasteiger partial charge is 0.378 e. The van der Waals surface area contributed by atoms with Crippen molar-refractivity contribution >= 4 is 36.5 Å². The first kappa shape index (κ1) is 21.4. The Hall–Kier alpha value is 0.342. The Kier molecular flexibility index (Phi) is 7.16. The molecule has 4 heteroatoms. The highest BCUT2D eigenvalue weighted by Gasteiger charge is 2.48. The molecule has 0 unspecified atom stereocenters. The summed E-state index contributed by atoms with van der Waals surface area (Å²) in [6.07, 6.45) is 4.49. The third-order valence-corrected chi connectivity index (χ3v) is 13.8. The first-order chi connectivity index (χ1) is 10.4. The third-order valence-electron chi connectivity index (χ3n) is 5.94. The molecular formula is C19H35BCl2Si. The van der Waals surface area contributed by atoms with E-state index in [1.165, 1.54) is 11.0 Å². The first-order valence-electron chi connectivity index (χ1n) is 9.06. The molecule has 132 valence electrons. The molecule has 0 radical (unpaired) electrons. The summed E-state index contributed by atoms with van der Waals surface area (Å²) in [5, 5.41) is 1.64. The fourth-order valence-corrected chi connectivity index (χ4v) is 13.0. The lowest BCUT2D eigenvalue weighted by Crippen LogP contribution is -2.48. The van der Waals surface area contributed by atoms with Crippen LogP contribution >= 0.6 is 22.9 Å². The van der Waals surface area contributed by atoms with Crippen LogP contribution in [0.25, 0.3) is 0 Å². The van der Waals surface area contributed by atoms with Gasteiger partial charge in [-0.1, -0.05) is 84.6 Å². The molecule has 0 aromatic heterocycles. The van der Waals surface area contributed by atoms with Gasteiger partial charge in [0.15, 0.2) is 0 Å². The van der Waals surface area contributed by atoms with E-state index >= 15 is 0 Å². The predicted molar refractivity (Wildman–Crippen MR) is 112 cm³/mol. The lowest BCUT2D eigenvalue weighted by Gasteiger charge is -2.48. The molecule has 0 heterocycles. The molecule has 0 N–H and O–H groups in total. The van der Waals surface area contributed by atoms with E-state index in [-0.39, 0.29) is 11.0 Å². The summed E-state index contributed by atoms with van der Waals surface area (Å²) >= 11 is 13.0. The minimum absolute atomic E-state index is 0.192. The van der Waals surface area contributed by atoms with Gasteiger partial charge in [0, 0.05) is 0 Å². The molecule has 0 aliphatic heterocycles. The average Bonchev–Trinajstić information content (AvgIpc) is 2.36. The molecule has 1 aliphatic carbocycles. The topological polar surface area (TPSA) is 0 Å². The molecule has 0 aromatic carbocycles. The highest BCUT2D eigenvalue weighted by atomic mass is 35.5. The summed E-state index contributed by atoms with van der Waals surface area (Å²) in [4.78, 5) is 0. The quantitative estimate of drug-likeness (QED) is 0.341. The summed E-state index contributed by atoms with van der Waals surface area (Å²) < 4.78 is 0. The van der Waals surface area contributed by atoms with Crippen molar-refractivity contribution in [2.75, 3.05) is 0 Å². The van der Waals surface area contributed by atoms with Crippen LogP contribution in [0.2, 0.25) is 16.6 Å². The van der Waals surface area contributed by atoms with Gasteiger partial charge in [-0.3, -0.25) is 0 Å². The molecule has 0 bridgehead atoms. The van der Waals surface area contributed by atoms with Crippen LogP contribution in [0.1, 0.15) is 75.2 Å². The first-order valence-corrected chi connectivity index (χ1v) is 12.2. The fourth-order valence-electron chi connectivity index (χ4n) is 5.02. The maximum absolute atomic E-state index is 6.49. The summed E-state index contributed by atoms with van der Waals surface area (Å²) in [6.45, 7) is 21.3. The monoisotopic (exact) mass is 372 g/mol. The smallest absolute Gasteiger partial charge is 0.165 e. The summed E-state index contributed by atoms with van der Waals surface area (Å²) in [5.74, 6) is 0. The molecule has 1 rings (SSSR count). The van der Waals surface area contributed by atoms with Gasteiger partial charge in [-0.2, -0.15) is 22.9 Å². The van der Waals surface area contributed by atoms with Crippen molar-refractivity contribution in [2.24, 2.45) is 5.41 Å². The van der Waals surface area contributed by atoms with Gasteiger partial charge in [-0.25, -0.2) is 0 Å². The lowest BCUT2D eigenvalue weighted by atomic mass is 9.74. The SMILES string of the molecule is CC(C)[Si](C1=C(B(Cl)Cl)CC(C(C)(C)C)=CC1)(C(C)C)C(C)C. The van der Waals surface area contributed by atoms with E-state index in [1.54, 1.807) is 5.20 Å². The zero-order valence-electron chi connectivity index (χ0n) is 16.6. The van der Waals surface area contributed by atoms with Crippen LogP contribution in [0.3, 0.4) is 0 Å². The molecule has 1 aliphatic rings. The summed E-state index contributed by atoms with van der Waals surface area (Å²) in [7, 11) is -1.68. The van der Waals surface area contributed by atoms with Crippen molar-refractivity contribution in [3.8, 4) is 0 Å². The van der Waals surface area contributed by atoms with Gasteiger partial charge in [-0.05, 0) is 34.9 Å². The van der Waals surface area contributed by atoms with Crippen molar-refractivity contribution < 1.29 is 0 Å². The van der Waals surface area contributed by atoms with Gasteiger partial charge < -0.3 is 0 Å². The van der Waals surface area contributed by atoms with Crippen LogP contribution in [0.15, 0.2) is 22.3 Å². The highest BCUT2D eigenvalue weighted by Crippen LogP contribution is 2.51. The molecule has 0 saturated heterocycles. The van der Waals surface area contributed by atoms with Gasteiger partial charge in [0.1, 0.15) is 0 Å². The molecule has 0 aromatic rings. The van der Waals surface area contributed by atoms with Crippen molar-refractivity contribution in [1.29, 1.82) is 0 Å². The Balaban J connectivity index is 3.51. The van der Waals surface area contributed by atoms with Crippen LogP contribution in [-0.2, 0) is 0 Å². The van der Waals surface area contributed by atoms with Gasteiger partial charge in [0.25, 0.3) is 0 Å². The van der Waals surface area contributed by atoms with Crippen molar-refractivity contribution in [3.63, 3.8) is 0 Å². The molecule has 0 fully saturated rings. The molecular weight excluding hydrogens is 338 g/mol. The Morgan fingerprint density at radius 3 is 1.70 bits per heavy atom. The van der Waals surface area contributed by atoms with Crippen molar-refractivity contribution in [1.82, 2.24) is 0 Å². The van der Waals surface area contributed by atoms with Gasteiger partial charge in [0.05, 0.1) is 8.07 Å². The van der Waals surface area contributed by atoms with Gasteiger partial charge in [-0.15, -0.1) is 0 Å². The second kappa shape index (κ2) is 7.70. The molecule has 0 saturated carbocycles. The average molecular weight is 373 g/mol. The lowest BCUT2D eigenvalue weighted by molar-refractivity contribution is 0.488. The van der Waals surface area contributed by atoms with E-state index in [2.05, 4.69) is 68.4 Å². The maximum atomic E-state index is 6.49.